The minimum atomic E-state index is -0.0871. The van der Waals surface area contributed by atoms with Crippen molar-refractivity contribution in [3.05, 3.63) is 48.0 Å². The number of unbranched alkanes of at least 4 members (excludes halogenated alkanes) is 10. The topological polar surface area (TPSA) is 71.1 Å². The molecular weight excluding hydrogens is 576 g/mol. The van der Waals surface area contributed by atoms with Gasteiger partial charge in [-0.25, -0.2) is 0 Å². The van der Waals surface area contributed by atoms with Crippen molar-refractivity contribution in [2.75, 3.05) is 13.2 Å². The molecule has 0 aliphatic rings. The summed E-state index contributed by atoms with van der Waals surface area (Å²) in [5, 5.41) is 4.42. The van der Waals surface area contributed by atoms with E-state index in [9.17, 15) is 9.59 Å². The van der Waals surface area contributed by atoms with Crippen molar-refractivity contribution in [1.29, 1.82) is 0 Å². The molecule has 0 aromatic heterocycles. The number of ether oxygens (including phenoxy) is 4. The summed E-state index contributed by atoms with van der Waals surface area (Å²) in [6.45, 7) is 11.1. The van der Waals surface area contributed by atoms with Gasteiger partial charge in [0.2, 0.25) is 0 Å². The second-order valence-electron chi connectivity index (χ2n) is 13.0. The number of benzene rings is 3. The van der Waals surface area contributed by atoms with Gasteiger partial charge in [0.25, 0.3) is 0 Å². The van der Waals surface area contributed by atoms with E-state index in [1.165, 1.54) is 5.56 Å². The number of esters is 2. The van der Waals surface area contributed by atoms with Crippen LogP contribution in [0.4, 0.5) is 0 Å². The molecule has 6 heteroatoms. The average Bonchev–Trinajstić information content (AvgIpc) is 3.02. The molecule has 3 rings (SSSR count). The van der Waals surface area contributed by atoms with Gasteiger partial charge in [-0.3, -0.25) is 9.59 Å². The standard InChI is InChI=1S/C40H58O6/c1-6-32-25-26-35-36(29-32)40(44-28-20-14-10-8-12-16-24-38(42)46-31(4)5)34-22-18-17-21-33(34)39(35)43-27-19-13-9-7-11-15-23-37(41)45-30(2)3/h17-18,21-22,25-26,29-31H,6-16,19-20,23-24,27-28H2,1-5H3. The van der Waals surface area contributed by atoms with Crippen LogP contribution in [-0.2, 0) is 25.5 Å². The van der Waals surface area contributed by atoms with E-state index in [2.05, 4.69) is 49.4 Å². The zero-order valence-corrected chi connectivity index (χ0v) is 29.2. The zero-order valence-electron chi connectivity index (χ0n) is 29.2. The quantitative estimate of drug-likeness (QED) is 0.0587. The van der Waals surface area contributed by atoms with Crippen LogP contribution in [0.5, 0.6) is 11.5 Å². The molecule has 0 unspecified atom stereocenters. The lowest BCUT2D eigenvalue weighted by molar-refractivity contribution is -0.148. The van der Waals surface area contributed by atoms with Crippen LogP contribution in [0.25, 0.3) is 21.5 Å². The van der Waals surface area contributed by atoms with Crippen molar-refractivity contribution in [1.82, 2.24) is 0 Å². The van der Waals surface area contributed by atoms with Gasteiger partial charge in [0.1, 0.15) is 11.5 Å². The van der Waals surface area contributed by atoms with E-state index in [0.717, 1.165) is 117 Å². The number of fused-ring (bicyclic) bond motifs is 2. The number of hydrogen-bond acceptors (Lipinski definition) is 6. The summed E-state index contributed by atoms with van der Waals surface area (Å²) in [4.78, 5) is 23.4. The van der Waals surface area contributed by atoms with Gasteiger partial charge in [-0.2, -0.15) is 0 Å². The minimum Gasteiger partial charge on any atom is -0.492 e. The molecule has 0 aliphatic carbocycles. The molecule has 0 atom stereocenters. The van der Waals surface area contributed by atoms with Crippen molar-refractivity contribution in [2.45, 2.75) is 143 Å². The summed E-state index contributed by atoms with van der Waals surface area (Å²) < 4.78 is 23.5. The molecule has 0 heterocycles. The highest BCUT2D eigenvalue weighted by Crippen LogP contribution is 2.43. The van der Waals surface area contributed by atoms with Crippen LogP contribution >= 0.6 is 0 Å². The highest BCUT2D eigenvalue weighted by molar-refractivity contribution is 6.11. The van der Waals surface area contributed by atoms with Crippen LogP contribution in [-0.4, -0.2) is 37.4 Å². The molecule has 0 amide bonds. The Kier molecular flexibility index (Phi) is 16.8. The zero-order chi connectivity index (χ0) is 33.1. The molecule has 46 heavy (non-hydrogen) atoms. The average molecular weight is 635 g/mol. The third-order valence-corrected chi connectivity index (χ3v) is 8.18. The van der Waals surface area contributed by atoms with E-state index in [1.807, 2.05) is 27.7 Å². The van der Waals surface area contributed by atoms with Gasteiger partial charge in [-0.1, -0.05) is 94.7 Å². The maximum atomic E-state index is 11.7. The maximum Gasteiger partial charge on any atom is 0.306 e. The van der Waals surface area contributed by atoms with Crippen LogP contribution in [0.1, 0.15) is 130 Å². The van der Waals surface area contributed by atoms with E-state index in [0.29, 0.717) is 26.1 Å². The van der Waals surface area contributed by atoms with E-state index in [1.54, 1.807) is 0 Å². The summed E-state index contributed by atoms with van der Waals surface area (Å²) in [5.41, 5.74) is 1.29. The molecule has 0 saturated carbocycles. The third-order valence-electron chi connectivity index (χ3n) is 8.18. The molecule has 0 N–H and O–H groups in total. The van der Waals surface area contributed by atoms with Crippen molar-refractivity contribution in [3.8, 4) is 11.5 Å². The fourth-order valence-electron chi connectivity index (χ4n) is 5.83. The van der Waals surface area contributed by atoms with Gasteiger partial charge in [-0.05, 0) is 71.4 Å². The predicted octanol–water partition coefficient (Wildman–Crippen LogP) is 10.7. The Morgan fingerprint density at radius 1 is 0.543 bits per heavy atom. The van der Waals surface area contributed by atoms with Gasteiger partial charge >= 0.3 is 11.9 Å². The monoisotopic (exact) mass is 634 g/mol. The Balaban J connectivity index is 1.52. The first kappa shape index (κ1) is 37.2. The van der Waals surface area contributed by atoms with Crippen molar-refractivity contribution < 1.29 is 28.5 Å². The summed E-state index contributed by atoms with van der Waals surface area (Å²) in [6.07, 6.45) is 14.6. The Hall–Kier alpha value is -3.28. The van der Waals surface area contributed by atoms with Crippen LogP contribution < -0.4 is 9.47 Å². The van der Waals surface area contributed by atoms with E-state index in [4.69, 9.17) is 18.9 Å². The molecule has 0 bridgehead atoms. The predicted molar refractivity (Wildman–Crippen MR) is 189 cm³/mol. The highest BCUT2D eigenvalue weighted by atomic mass is 16.5. The summed E-state index contributed by atoms with van der Waals surface area (Å²) in [7, 11) is 0. The fraction of sp³-hybridized carbons (Fsp3) is 0.600. The van der Waals surface area contributed by atoms with Gasteiger partial charge in [0.05, 0.1) is 25.4 Å². The van der Waals surface area contributed by atoms with E-state index < -0.39 is 0 Å². The molecule has 0 fully saturated rings. The molecule has 0 aliphatic heterocycles. The van der Waals surface area contributed by atoms with Crippen molar-refractivity contribution >= 4 is 33.5 Å². The largest absolute Gasteiger partial charge is 0.492 e. The number of rotatable bonds is 23. The second-order valence-corrected chi connectivity index (χ2v) is 13.0. The van der Waals surface area contributed by atoms with Crippen LogP contribution in [0.2, 0.25) is 0 Å². The van der Waals surface area contributed by atoms with Crippen LogP contribution in [0, 0.1) is 0 Å². The summed E-state index contributed by atoms with van der Waals surface area (Å²) in [6, 6.07) is 15.1. The number of hydrogen-bond donors (Lipinski definition) is 0. The highest BCUT2D eigenvalue weighted by Gasteiger charge is 2.17. The van der Waals surface area contributed by atoms with Gasteiger partial charge in [-0.15, -0.1) is 0 Å². The summed E-state index contributed by atoms with van der Waals surface area (Å²) >= 11 is 0. The molecule has 3 aromatic rings. The molecule has 0 radical (unpaired) electrons. The first-order valence-corrected chi connectivity index (χ1v) is 17.9. The molecular formula is C40H58O6. The van der Waals surface area contributed by atoms with E-state index in [-0.39, 0.29) is 24.1 Å². The Bertz CT molecular complexity index is 1340. The van der Waals surface area contributed by atoms with Crippen molar-refractivity contribution in [3.63, 3.8) is 0 Å². The van der Waals surface area contributed by atoms with Gasteiger partial charge in [0.15, 0.2) is 0 Å². The normalized spacial score (nSPS) is 11.5. The molecule has 254 valence electrons. The maximum absolute atomic E-state index is 11.7. The first-order chi connectivity index (χ1) is 22.3. The van der Waals surface area contributed by atoms with Gasteiger partial charge < -0.3 is 18.9 Å². The lowest BCUT2D eigenvalue weighted by atomic mass is 9.98. The van der Waals surface area contributed by atoms with Crippen LogP contribution in [0.3, 0.4) is 0 Å². The second kappa shape index (κ2) is 20.8. The SMILES string of the molecule is CCc1ccc2c(OCCCCCCCCC(=O)OC(C)C)c3ccccc3c(OCCCCCCCCC(=O)OC(C)C)c2c1. The third kappa shape index (κ3) is 12.8. The molecule has 6 nitrogen and oxygen atoms in total. The van der Waals surface area contributed by atoms with Crippen molar-refractivity contribution in [2.24, 2.45) is 0 Å². The minimum absolute atomic E-state index is 0.0358. The summed E-state index contributed by atoms with van der Waals surface area (Å²) in [5.74, 6) is 1.72. The van der Waals surface area contributed by atoms with Gasteiger partial charge in [0, 0.05) is 34.4 Å². The Morgan fingerprint density at radius 2 is 0.957 bits per heavy atom. The fourth-order valence-corrected chi connectivity index (χ4v) is 5.83. The lowest BCUT2D eigenvalue weighted by Crippen LogP contribution is -2.10. The number of carbonyl (C=O) groups is 2. The molecule has 0 spiro atoms. The Morgan fingerprint density at radius 3 is 1.41 bits per heavy atom. The smallest absolute Gasteiger partial charge is 0.306 e. The number of aryl methyl sites for hydroxylation is 1. The lowest BCUT2D eigenvalue weighted by Gasteiger charge is -2.18. The molecule has 0 saturated heterocycles. The first-order valence-electron chi connectivity index (χ1n) is 17.9. The van der Waals surface area contributed by atoms with E-state index >= 15 is 0 Å². The molecule has 3 aromatic carbocycles. The Labute approximate surface area is 277 Å². The van der Waals surface area contributed by atoms with Crippen LogP contribution in [0.15, 0.2) is 42.5 Å². The number of carbonyl (C=O) groups excluding carboxylic acids is 2.